The lowest BCUT2D eigenvalue weighted by Crippen LogP contribution is -2.62. The van der Waals surface area contributed by atoms with E-state index in [2.05, 4.69) is 67.5 Å². The van der Waals surface area contributed by atoms with Crippen molar-refractivity contribution in [1.82, 2.24) is 0 Å². The molecule has 0 aromatic heterocycles. The normalized spacial score (nSPS) is 53.9. The van der Waals surface area contributed by atoms with Gasteiger partial charge in [0.05, 0.1) is 6.10 Å². The van der Waals surface area contributed by atoms with E-state index in [-0.39, 0.29) is 33.2 Å². The minimum atomic E-state index is -0.265. The van der Waals surface area contributed by atoms with Crippen LogP contribution in [0.2, 0.25) is 0 Å². The lowest BCUT2D eigenvalue weighted by Gasteiger charge is -2.69. The molecular formula is C30H46O2. The molecule has 0 saturated heterocycles. The zero-order valence-corrected chi connectivity index (χ0v) is 21.8. The van der Waals surface area contributed by atoms with Gasteiger partial charge in [-0.05, 0) is 95.9 Å². The minimum Gasteiger partial charge on any atom is -0.393 e. The molecule has 3 saturated carbocycles. The Hall–Kier alpha value is -0.890. The number of hydrogen-bond donors (Lipinski definition) is 1. The number of fused-ring (bicyclic) bond motifs is 7. The van der Waals surface area contributed by atoms with Crippen LogP contribution in [0.15, 0.2) is 23.8 Å². The number of hydrogen-bond acceptors (Lipinski definition) is 2. The van der Waals surface area contributed by atoms with Crippen LogP contribution in [0.1, 0.15) is 93.9 Å². The molecule has 2 heteroatoms. The molecule has 0 spiro atoms. The standard InChI is InChI=1S/C30H46O2/c1-18(2)24-20(31)17-27(5)15-16-29(7)19(25(24)27)9-10-22-28(6)13-12-23(32)26(3,4)21(28)11-14-30(22,29)8/h9,12-13,18,20-22,24-25,31H,10-11,14-17H2,1-8H3. The predicted molar refractivity (Wildman–Crippen MR) is 131 cm³/mol. The van der Waals surface area contributed by atoms with Crippen LogP contribution in [0, 0.1) is 56.7 Å². The van der Waals surface area contributed by atoms with E-state index in [1.54, 1.807) is 5.57 Å². The van der Waals surface area contributed by atoms with Crippen molar-refractivity contribution in [1.29, 1.82) is 0 Å². The Morgan fingerprint density at radius 1 is 1.00 bits per heavy atom. The van der Waals surface area contributed by atoms with Crippen LogP contribution in [0.4, 0.5) is 0 Å². The first kappa shape index (κ1) is 22.9. The van der Waals surface area contributed by atoms with Crippen molar-refractivity contribution in [2.75, 3.05) is 0 Å². The molecule has 5 rings (SSSR count). The second kappa shape index (κ2) is 6.61. The van der Waals surface area contributed by atoms with Gasteiger partial charge in [-0.3, -0.25) is 4.79 Å². The van der Waals surface area contributed by atoms with Crippen molar-refractivity contribution < 1.29 is 9.90 Å². The molecular weight excluding hydrogens is 392 g/mol. The Morgan fingerprint density at radius 2 is 1.69 bits per heavy atom. The molecule has 5 aliphatic rings. The van der Waals surface area contributed by atoms with Crippen LogP contribution >= 0.6 is 0 Å². The molecule has 32 heavy (non-hydrogen) atoms. The first-order chi connectivity index (χ1) is 14.7. The van der Waals surface area contributed by atoms with E-state index in [1.807, 2.05) is 6.08 Å². The number of carbonyl (C=O) groups is 1. The highest BCUT2D eigenvalue weighted by molar-refractivity contribution is 5.95. The fourth-order valence-corrected chi connectivity index (χ4v) is 10.4. The van der Waals surface area contributed by atoms with Gasteiger partial charge in [0, 0.05) is 5.41 Å². The Balaban J connectivity index is 1.63. The van der Waals surface area contributed by atoms with E-state index >= 15 is 0 Å². The molecule has 0 aliphatic heterocycles. The molecule has 5 aliphatic carbocycles. The predicted octanol–water partition coefficient (Wildman–Crippen LogP) is 6.98. The quantitative estimate of drug-likeness (QED) is 0.448. The van der Waals surface area contributed by atoms with Gasteiger partial charge in [-0.2, -0.15) is 0 Å². The van der Waals surface area contributed by atoms with E-state index in [0.717, 1.165) is 19.3 Å². The number of allylic oxidation sites excluding steroid dienone is 4. The molecule has 1 N–H and O–H groups in total. The molecule has 0 bridgehead atoms. The number of aliphatic hydroxyl groups excluding tert-OH is 1. The third-order valence-corrected chi connectivity index (χ3v) is 12.4. The monoisotopic (exact) mass is 438 g/mol. The third kappa shape index (κ3) is 2.54. The maximum absolute atomic E-state index is 12.8. The van der Waals surface area contributed by atoms with Crippen LogP contribution in [-0.4, -0.2) is 17.0 Å². The summed E-state index contributed by atoms with van der Waals surface area (Å²) in [7, 11) is 0. The van der Waals surface area contributed by atoms with Gasteiger partial charge in [0.25, 0.3) is 0 Å². The average Bonchev–Trinajstić information content (AvgIpc) is 2.96. The van der Waals surface area contributed by atoms with Crippen LogP contribution in [0.5, 0.6) is 0 Å². The molecule has 9 atom stereocenters. The summed E-state index contributed by atoms with van der Waals surface area (Å²) in [5.74, 6) is 2.71. The highest BCUT2D eigenvalue weighted by Crippen LogP contribution is 2.75. The minimum absolute atomic E-state index is 0.0723. The topological polar surface area (TPSA) is 37.3 Å². The molecule has 0 radical (unpaired) electrons. The van der Waals surface area contributed by atoms with Crippen LogP contribution in [0.25, 0.3) is 0 Å². The second-order valence-corrected chi connectivity index (χ2v) is 14.3. The lowest BCUT2D eigenvalue weighted by atomic mass is 9.35. The molecule has 178 valence electrons. The number of rotatable bonds is 1. The summed E-state index contributed by atoms with van der Waals surface area (Å²) in [6, 6.07) is 0. The van der Waals surface area contributed by atoms with Crippen molar-refractivity contribution in [2.24, 2.45) is 56.7 Å². The number of ketones is 1. The molecule has 0 heterocycles. The summed E-state index contributed by atoms with van der Waals surface area (Å²) in [5.41, 5.74) is 2.16. The van der Waals surface area contributed by atoms with E-state index in [4.69, 9.17) is 0 Å². The third-order valence-electron chi connectivity index (χ3n) is 12.4. The first-order valence-corrected chi connectivity index (χ1v) is 13.3. The van der Waals surface area contributed by atoms with E-state index < -0.39 is 0 Å². The zero-order chi connectivity index (χ0) is 23.5. The maximum Gasteiger partial charge on any atom is 0.161 e. The average molecular weight is 439 g/mol. The van der Waals surface area contributed by atoms with Crippen molar-refractivity contribution in [2.45, 2.75) is 100 Å². The summed E-state index contributed by atoms with van der Waals surface area (Å²) in [6.07, 6.45) is 13.6. The fraction of sp³-hybridized carbons (Fsp3) is 0.833. The van der Waals surface area contributed by atoms with E-state index in [1.165, 1.54) is 19.3 Å². The summed E-state index contributed by atoms with van der Waals surface area (Å²) >= 11 is 0. The van der Waals surface area contributed by atoms with Crippen LogP contribution in [-0.2, 0) is 4.79 Å². The summed E-state index contributed by atoms with van der Waals surface area (Å²) in [4.78, 5) is 12.8. The maximum atomic E-state index is 12.8. The summed E-state index contributed by atoms with van der Waals surface area (Å²) in [6.45, 7) is 19.1. The lowest BCUT2D eigenvalue weighted by molar-refractivity contribution is -0.156. The Labute approximate surface area is 196 Å². The van der Waals surface area contributed by atoms with E-state index in [9.17, 15) is 9.90 Å². The highest BCUT2D eigenvalue weighted by atomic mass is 16.3. The molecule has 0 aromatic rings. The largest absolute Gasteiger partial charge is 0.393 e. The van der Waals surface area contributed by atoms with Crippen LogP contribution in [0.3, 0.4) is 0 Å². The number of aliphatic hydroxyl groups is 1. The highest BCUT2D eigenvalue weighted by Gasteiger charge is 2.68. The molecule has 3 fully saturated rings. The molecule has 2 nitrogen and oxygen atoms in total. The second-order valence-electron chi connectivity index (χ2n) is 14.3. The van der Waals surface area contributed by atoms with Gasteiger partial charge in [-0.15, -0.1) is 0 Å². The van der Waals surface area contributed by atoms with Gasteiger partial charge >= 0.3 is 0 Å². The summed E-state index contributed by atoms with van der Waals surface area (Å²) in [5, 5.41) is 11.1. The van der Waals surface area contributed by atoms with Gasteiger partial charge in [0.1, 0.15) is 0 Å². The fourth-order valence-electron chi connectivity index (χ4n) is 10.4. The van der Waals surface area contributed by atoms with Crippen molar-refractivity contribution in [3.63, 3.8) is 0 Å². The summed E-state index contributed by atoms with van der Waals surface area (Å²) < 4.78 is 0. The molecule has 0 aromatic carbocycles. The van der Waals surface area contributed by atoms with Gasteiger partial charge in [-0.1, -0.05) is 73.1 Å². The molecule has 9 unspecified atom stereocenters. The number of carbonyl (C=O) groups excluding carboxylic acids is 1. The van der Waals surface area contributed by atoms with Crippen LogP contribution < -0.4 is 0 Å². The molecule has 0 amide bonds. The zero-order valence-electron chi connectivity index (χ0n) is 21.8. The van der Waals surface area contributed by atoms with Gasteiger partial charge < -0.3 is 5.11 Å². The SMILES string of the molecule is CC(C)C1C(O)CC2(C)CCC3(C)C(=CCC4C5(C)C=CC(=O)C(C)(C)C5CCC43C)C12. The Morgan fingerprint density at radius 3 is 2.34 bits per heavy atom. The first-order valence-electron chi connectivity index (χ1n) is 13.3. The van der Waals surface area contributed by atoms with E-state index in [0.29, 0.717) is 35.4 Å². The smallest absolute Gasteiger partial charge is 0.161 e. The van der Waals surface area contributed by atoms with Gasteiger partial charge in [-0.25, -0.2) is 0 Å². The van der Waals surface area contributed by atoms with Gasteiger partial charge in [0.2, 0.25) is 0 Å². The van der Waals surface area contributed by atoms with Crippen molar-refractivity contribution in [3.05, 3.63) is 23.8 Å². The Bertz CT molecular complexity index is 895. The Kier molecular flexibility index (Phi) is 4.73. The van der Waals surface area contributed by atoms with Gasteiger partial charge in [0.15, 0.2) is 5.78 Å². The van der Waals surface area contributed by atoms with Crippen molar-refractivity contribution >= 4 is 5.78 Å². The van der Waals surface area contributed by atoms with Crippen molar-refractivity contribution in [3.8, 4) is 0 Å².